The molecule has 0 aliphatic heterocycles. The Morgan fingerprint density at radius 2 is 1.90 bits per heavy atom. The van der Waals surface area contributed by atoms with Gasteiger partial charge in [-0.1, -0.05) is 31.5 Å². The van der Waals surface area contributed by atoms with Crippen molar-refractivity contribution < 1.29 is 4.42 Å². The molecular formula is C22H36IN5O. The maximum atomic E-state index is 5.62. The van der Waals surface area contributed by atoms with Crippen LogP contribution < -0.4 is 10.6 Å². The Balaban J connectivity index is 0.00000420. The van der Waals surface area contributed by atoms with E-state index >= 15 is 0 Å². The van der Waals surface area contributed by atoms with E-state index in [2.05, 4.69) is 65.3 Å². The summed E-state index contributed by atoms with van der Waals surface area (Å²) in [6.45, 7) is 12.6. The number of aromatic nitrogens is 1. The summed E-state index contributed by atoms with van der Waals surface area (Å²) >= 11 is 0. The molecule has 162 valence electrons. The minimum absolute atomic E-state index is 0. The van der Waals surface area contributed by atoms with Crippen LogP contribution >= 0.6 is 24.0 Å². The Morgan fingerprint density at radius 3 is 2.52 bits per heavy atom. The molecule has 1 aromatic heterocycles. The van der Waals surface area contributed by atoms with Gasteiger partial charge < -0.3 is 20.0 Å². The molecule has 2 N–H and O–H groups in total. The van der Waals surface area contributed by atoms with E-state index in [9.17, 15) is 0 Å². The lowest BCUT2D eigenvalue weighted by Gasteiger charge is -2.21. The molecular weight excluding hydrogens is 477 g/mol. The molecule has 0 aliphatic carbocycles. The van der Waals surface area contributed by atoms with Crippen molar-refractivity contribution >= 4 is 29.9 Å². The van der Waals surface area contributed by atoms with Crippen molar-refractivity contribution in [1.82, 2.24) is 20.5 Å². The first-order chi connectivity index (χ1) is 13.5. The van der Waals surface area contributed by atoms with Gasteiger partial charge in [0.1, 0.15) is 6.26 Å². The summed E-state index contributed by atoms with van der Waals surface area (Å²) in [7, 11) is 1.79. The molecule has 29 heavy (non-hydrogen) atoms. The number of nitrogens with one attached hydrogen (secondary N) is 2. The lowest BCUT2D eigenvalue weighted by molar-refractivity contribution is 0.292. The van der Waals surface area contributed by atoms with E-state index in [0.717, 1.165) is 43.3 Å². The summed E-state index contributed by atoms with van der Waals surface area (Å²) < 4.78 is 5.62. The molecule has 6 nitrogen and oxygen atoms in total. The van der Waals surface area contributed by atoms with Crippen molar-refractivity contribution in [2.24, 2.45) is 4.99 Å². The van der Waals surface area contributed by atoms with E-state index < -0.39 is 0 Å². The van der Waals surface area contributed by atoms with E-state index in [1.165, 1.54) is 12.0 Å². The summed E-state index contributed by atoms with van der Waals surface area (Å²) in [6, 6.07) is 8.54. The number of aryl methyl sites for hydroxylation is 1. The molecule has 0 amide bonds. The van der Waals surface area contributed by atoms with Crippen LogP contribution in [0.25, 0.3) is 11.5 Å². The van der Waals surface area contributed by atoms with Crippen LogP contribution in [-0.2, 0) is 6.54 Å². The van der Waals surface area contributed by atoms with Crippen LogP contribution in [0.1, 0.15) is 44.9 Å². The summed E-state index contributed by atoms with van der Waals surface area (Å²) in [6.07, 6.45) is 3.98. The predicted octanol–water partition coefficient (Wildman–Crippen LogP) is 4.44. The Labute approximate surface area is 192 Å². The van der Waals surface area contributed by atoms with Crippen LogP contribution in [0.3, 0.4) is 0 Å². The first kappa shape index (κ1) is 25.4. The molecule has 0 radical (unpaired) electrons. The summed E-state index contributed by atoms with van der Waals surface area (Å²) in [4.78, 5) is 11.3. The van der Waals surface area contributed by atoms with Gasteiger partial charge in [0, 0.05) is 18.7 Å². The molecule has 7 heteroatoms. The summed E-state index contributed by atoms with van der Waals surface area (Å²) in [5.41, 5.74) is 3.06. The average molecular weight is 513 g/mol. The number of hydrogen-bond donors (Lipinski definition) is 2. The second kappa shape index (κ2) is 13.6. The number of aliphatic imine (C=N–C) groups is 1. The number of oxazole rings is 1. The summed E-state index contributed by atoms with van der Waals surface area (Å²) in [5.74, 6) is 1.43. The molecule has 0 spiro atoms. The fraction of sp³-hybridized carbons (Fsp3) is 0.545. The average Bonchev–Trinajstić information content (AvgIpc) is 3.18. The molecule has 1 unspecified atom stereocenters. The molecule has 1 atom stereocenters. The highest BCUT2D eigenvalue weighted by Gasteiger charge is 2.09. The Hall–Kier alpha value is -1.61. The standard InChI is InChI=1S/C22H35N5O.HI/c1-6-27(7-2)14-8-9-18(4)25-22(23-5)24-15-20-16-28-21(26-20)19-12-10-17(3)11-13-19;/h10-13,16,18H,6-9,14-15H2,1-5H3,(H2,23,24,25);1H. The Morgan fingerprint density at radius 1 is 1.21 bits per heavy atom. The predicted molar refractivity (Wildman–Crippen MR) is 132 cm³/mol. The van der Waals surface area contributed by atoms with E-state index in [1.807, 2.05) is 12.1 Å². The van der Waals surface area contributed by atoms with Crippen LogP contribution in [0.5, 0.6) is 0 Å². The van der Waals surface area contributed by atoms with Crippen LogP contribution in [0.15, 0.2) is 39.9 Å². The first-order valence-corrected chi connectivity index (χ1v) is 10.3. The fourth-order valence-electron chi connectivity index (χ4n) is 3.05. The van der Waals surface area contributed by atoms with Crippen LogP contribution in [0, 0.1) is 6.92 Å². The lowest BCUT2D eigenvalue weighted by atomic mass is 10.1. The quantitative estimate of drug-likeness (QED) is 0.279. The molecule has 0 saturated carbocycles. The monoisotopic (exact) mass is 513 g/mol. The normalized spacial score (nSPS) is 12.6. The second-order valence-electron chi connectivity index (χ2n) is 7.15. The van der Waals surface area contributed by atoms with Gasteiger partial charge in [0.25, 0.3) is 0 Å². The number of guanidine groups is 1. The van der Waals surface area contributed by atoms with Gasteiger partial charge in [0.05, 0.1) is 12.2 Å². The van der Waals surface area contributed by atoms with Crippen molar-refractivity contribution in [2.75, 3.05) is 26.7 Å². The molecule has 1 heterocycles. The Bertz CT molecular complexity index is 725. The van der Waals surface area contributed by atoms with Crippen molar-refractivity contribution in [3.63, 3.8) is 0 Å². The third-order valence-electron chi connectivity index (χ3n) is 4.90. The van der Waals surface area contributed by atoms with Gasteiger partial charge in [0.2, 0.25) is 5.89 Å². The molecule has 0 bridgehead atoms. The summed E-state index contributed by atoms with van der Waals surface area (Å²) in [5, 5.41) is 6.77. The number of nitrogens with zero attached hydrogens (tertiary/aromatic N) is 3. The third kappa shape index (κ3) is 8.74. The number of hydrogen-bond acceptors (Lipinski definition) is 4. The molecule has 1 aromatic carbocycles. The van der Waals surface area contributed by atoms with Gasteiger partial charge in [-0.3, -0.25) is 4.99 Å². The number of rotatable bonds is 10. The maximum absolute atomic E-state index is 5.62. The third-order valence-corrected chi connectivity index (χ3v) is 4.90. The van der Waals surface area contributed by atoms with Gasteiger partial charge in [-0.05, 0) is 58.5 Å². The minimum atomic E-state index is 0. The SMILES string of the molecule is CCN(CC)CCCC(C)NC(=NC)NCc1coc(-c2ccc(C)cc2)n1.I. The highest BCUT2D eigenvalue weighted by molar-refractivity contribution is 14.0. The largest absolute Gasteiger partial charge is 0.444 e. The molecule has 2 rings (SSSR count). The molecule has 0 aliphatic rings. The van der Waals surface area contributed by atoms with Gasteiger partial charge >= 0.3 is 0 Å². The minimum Gasteiger partial charge on any atom is -0.444 e. The van der Waals surface area contributed by atoms with Crippen LogP contribution in [-0.4, -0.2) is 48.6 Å². The second-order valence-corrected chi connectivity index (χ2v) is 7.15. The number of benzene rings is 1. The van der Waals surface area contributed by atoms with E-state index in [1.54, 1.807) is 13.3 Å². The molecule has 2 aromatic rings. The van der Waals surface area contributed by atoms with Crippen molar-refractivity contribution in [3.05, 3.63) is 41.8 Å². The first-order valence-electron chi connectivity index (χ1n) is 10.3. The zero-order valence-electron chi connectivity index (χ0n) is 18.4. The molecule has 0 saturated heterocycles. The number of halogens is 1. The topological polar surface area (TPSA) is 65.7 Å². The van der Waals surface area contributed by atoms with E-state index in [4.69, 9.17) is 4.42 Å². The maximum Gasteiger partial charge on any atom is 0.226 e. The van der Waals surface area contributed by atoms with Crippen LogP contribution in [0.2, 0.25) is 0 Å². The van der Waals surface area contributed by atoms with Gasteiger partial charge in [-0.25, -0.2) is 4.98 Å². The zero-order chi connectivity index (χ0) is 20.4. The highest BCUT2D eigenvalue weighted by atomic mass is 127. The Kier molecular flexibility index (Phi) is 11.9. The van der Waals surface area contributed by atoms with Gasteiger partial charge in [0.15, 0.2) is 5.96 Å². The van der Waals surface area contributed by atoms with E-state index in [-0.39, 0.29) is 24.0 Å². The molecule has 0 fully saturated rings. The fourth-order valence-corrected chi connectivity index (χ4v) is 3.05. The van der Waals surface area contributed by atoms with Gasteiger partial charge in [-0.15, -0.1) is 24.0 Å². The van der Waals surface area contributed by atoms with Crippen molar-refractivity contribution in [3.8, 4) is 11.5 Å². The highest BCUT2D eigenvalue weighted by Crippen LogP contribution is 2.18. The smallest absolute Gasteiger partial charge is 0.226 e. The lowest BCUT2D eigenvalue weighted by Crippen LogP contribution is -2.42. The zero-order valence-corrected chi connectivity index (χ0v) is 20.7. The van der Waals surface area contributed by atoms with Crippen LogP contribution in [0.4, 0.5) is 0 Å². The van der Waals surface area contributed by atoms with Crippen molar-refractivity contribution in [2.45, 2.75) is 53.1 Å². The van der Waals surface area contributed by atoms with Gasteiger partial charge in [-0.2, -0.15) is 0 Å². The van der Waals surface area contributed by atoms with Crippen molar-refractivity contribution in [1.29, 1.82) is 0 Å². The van der Waals surface area contributed by atoms with E-state index in [0.29, 0.717) is 18.5 Å².